The van der Waals surface area contributed by atoms with Gasteiger partial charge in [-0.25, -0.2) is 4.79 Å². The standard InChI is InChI=1S/C21H23NO2/c1-15(2)17-9-11-19-18(14-17)12-13-22(19)20(21(23)24)10-8-16-6-4-3-5-7-16/h3-7,9,11-15,20H,8,10H2,1-2H3,(H,23,24). The molecular weight excluding hydrogens is 298 g/mol. The lowest BCUT2D eigenvalue weighted by Crippen LogP contribution is -2.19. The summed E-state index contributed by atoms with van der Waals surface area (Å²) in [5.41, 5.74) is 3.43. The molecule has 1 heterocycles. The molecule has 3 rings (SSSR count). The Labute approximate surface area is 142 Å². The van der Waals surface area contributed by atoms with Gasteiger partial charge in [-0.15, -0.1) is 0 Å². The van der Waals surface area contributed by atoms with Gasteiger partial charge in [0.05, 0.1) is 0 Å². The number of aliphatic carboxylic acids is 1. The van der Waals surface area contributed by atoms with E-state index in [1.165, 1.54) is 11.1 Å². The van der Waals surface area contributed by atoms with E-state index in [1.807, 2.05) is 53.2 Å². The van der Waals surface area contributed by atoms with E-state index in [1.54, 1.807) is 0 Å². The fourth-order valence-electron chi connectivity index (χ4n) is 3.14. The van der Waals surface area contributed by atoms with Crippen LogP contribution in [0.25, 0.3) is 10.9 Å². The van der Waals surface area contributed by atoms with Crippen molar-refractivity contribution < 1.29 is 9.90 Å². The van der Waals surface area contributed by atoms with Crippen molar-refractivity contribution in [1.29, 1.82) is 0 Å². The lowest BCUT2D eigenvalue weighted by molar-refractivity contribution is -0.141. The number of carbonyl (C=O) groups is 1. The maximum absolute atomic E-state index is 11.8. The van der Waals surface area contributed by atoms with E-state index in [-0.39, 0.29) is 0 Å². The smallest absolute Gasteiger partial charge is 0.326 e. The predicted octanol–water partition coefficient (Wildman–Crippen LogP) is 5.02. The molecule has 0 aliphatic heterocycles. The van der Waals surface area contributed by atoms with E-state index in [4.69, 9.17) is 0 Å². The molecular formula is C21H23NO2. The highest BCUT2D eigenvalue weighted by atomic mass is 16.4. The minimum absolute atomic E-state index is 0.464. The highest BCUT2D eigenvalue weighted by Crippen LogP contribution is 2.27. The van der Waals surface area contributed by atoms with Crippen LogP contribution in [0.3, 0.4) is 0 Å². The number of benzene rings is 2. The Hall–Kier alpha value is -2.55. The van der Waals surface area contributed by atoms with Crippen LogP contribution in [0.1, 0.15) is 43.4 Å². The maximum Gasteiger partial charge on any atom is 0.326 e. The molecule has 1 N–H and O–H groups in total. The van der Waals surface area contributed by atoms with Gasteiger partial charge in [0.15, 0.2) is 0 Å². The summed E-state index contributed by atoms with van der Waals surface area (Å²) in [5.74, 6) is -0.317. The molecule has 3 aromatic rings. The van der Waals surface area contributed by atoms with Crippen molar-refractivity contribution in [3.05, 3.63) is 71.9 Å². The Bertz CT molecular complexity index is 833. The van der Waals surface area contributed by atoms with Crippen molar-refractivity contribution in [1.82, 2.24) is 4.57 Å². The van der Waals surface area contributed by atoms with Crippen LogP contribution in [0.4, 0.5) is 0 Å². The summed E-state index contributed by atoms with van der Waals surface area (Å²) in [5, 5.41) is 10.8. The first-order valence-corrected chi connectivity index (χ1v) is 8.43. The van der Waals surface area contributed by atoms with E-state index in [9.17, 15) is 9.90 Å². The molecule has 124 valence electrons. The topological polar surface area (TPSA) is 42.2 Å². The summed E-state index contributed by atoms with van der Waals surface area (Å²) in [6.07, 6.45) is 3.23. The van der Waals surface area contributed by atoms with E-state index < -0.39 is 12.0 Å². The van der Waals surface area contributed by atoms with Crippen LogP contribution in [-0.4, -0.2) is 15.6 Å². The molecule has 0 bridgehead atoms. The van der Waals surface area contributed by atoms with Gasteiger partial charge in [-0.3, -0.25) is 0 Å². The van der Waals surface area contributed by atoms with Crippen LogP contribution < -0.4 is 0 Å². The molecule has 0 radical (unpaired) electrons. The summed E-state index contributed by atoms with van der Waals surface area (Å²) in [6, 6.07) is 17.8. The van der Waals surface area contributed by atoms with Crippen LogP contribution in [0.2, 0.25) is 0 Å². The third-order valence-corrected chi connectivity index (χ3v) is 4.58. The number of nitrogens with zero attached hydrogens (tertiary/aromatic N) is 1. The first-order chi connectivity index (χ1) is 11.6. The molecule has 0 saturated heterocycles. The molecule has 0 spiro atoms. The second-order valence-electron chi connectivity index (χ2n) is 6.57. The van der Waals surface area contributed by atoms with Crippen molar-refractivity contribution in [3.8, 4) is 0 Å². The van der Waals surface area contributed by atoms with Crippen molar-refractivity contribution in [2.75, 3.05) is 0 Å². The lowest BCUT2D eigenvalue weighted by atomic mass is 10.0. The minimum Gasteiger partial charge on any atom is -0.480 e. The quantitative estimate of drug-likeness (QED) is 0.692. The van der Waals surface area contributed by atoms with E-state index in [0.29, 0.717) is 12.3 Å². The zero-order valence-electron chi connectivity index (χ0n) is 14.1. The number of rotatable bonds is 6. The molecule has 0 saturated carbocycles. The highest BCUT2D eigenvalue weighted by Gasteiger charge is 2.21. The molecule has 24 heavy (non-hydrogen) atoms. The molecule has 0 fully saturated rings. The van der Waals surface area contributed by atoms with Gasteiger partial charge in [0, 0.05) is 11.7 Å². The summed E-state index contributed by atoms with van der Waals surface area (Å²) in [6.45, 7) is 4.33. The normalized spacial score (nSPS) is 12.6. The predicted molar refractivity (Wildman–Crippen MR) is 97.5 cm³/mol. The maximum atomic E-state index is 11.8. The van der Waals surface area contributed by atoms with Gasteiger partial charge in [-0.2, -0.15) is 0 Å². The first kappa shape index (κ1) is 16.3. The van der Waals surface area contributed by atoms with Gasteiger partial charge < -0.3 is 9.67 Å². The second kappa shape index (κ2) is 6.91. The van der Waals surface area contributed by atoms with Crippen LogP contribution in [0, 0.1) is 0 Å². The van der Waals surface area contributed by atoms with Crippen molar-refractivity contribution >= 4 is 16.9 Å². The van der Waals surface area contributed by atoms with Gasteiger partial charge in [0.2, 0.25) is 0 Å². The Morgan fingerprint density at radius 3 is 2.50 bits per heavy atom. The third-order valence-electron chi connectivity index (χ3n) is 4.58. The molecule has 3 heteroatoms. The Morgan fingerprint density at radius 2 is 1.83 bits per heavy atom. The monoisotopic (exact) mass is 321 g/mol. The Kier molecular flexibility index (Phi) is 4.70. The van der Waals surface area contributed by atoms with Crippen molar-refractivity contribution in [3.63, 3.8) is 0 Å². The van der Waals surface area contributed by atoms with Gasteiger partial charge in [0.1, 0.15) is 6.04 Å². The minimum atomic E-state index is -0.781. The summed E-state index contributed by atoms with van der Waals surface area (Å²) >= 11 is 0. The van der Waals surface area contributed by atoms with E-state index in [0.717, 1.165) is 17.3 Å². The average molecular weight is 321 g/mol. The Balaban J connectivity index is 1.88. The fourth-order valence-corrected chi connectivity index (χ4v) is 3.14. The van der Waals surface area contributed by atoms with Gasteiger partial charge in [0.25, 0.3) is 0 Å². The molecule has 1 aromatic heterocycles. The van der Waals surface area contributed by atoms with Crippen LogP contribution in [0.15, 0.2) is 60.8 Å². The fraction of sp³-hybridized carbons (Fsp3) is 0.286. The number of carboxylic acids is 1. The third kappa shape index (κ3) is 3.35. The van der Waals surface area contributed by atoms with Crippen LogP contribution in [-0.2, 0) is 11.2 Å². The molecule has 3 nitrogen and oxygen atoms in total. The van der Waals surface area contributed by atoms with Crippen LogP contribution >= 0.6 is 0 Å². The lowest BCUT2D eigenvalue weighted by Gasteiger charge is -2.16. The molecule has 2 aromatic carbocycles. The Morgan fingerprint density at radius 1 is 1.08 bits per heavy atom. The summed E-state index contributed by atoms with van der Waals surface area (Å²) < 4.78 is 1.89. The largest absolute Gasteiger partial charge is 0.480 e. The zero-order chi connectivity index (χ0) is 17.1. The molecule has 1 unspecified atom stereocenters. The average Bonchev–Trinajstić information content (AvgIpc) is 2.99. The molecule has 0 aliphatic rings. The molecule has 0 aliphatic carbocycles. The number of hydrogen-bond donors (Lipinski definition) is 1. The van der Waals surface area contributed by atoms with Gasteiger partial charge in [-0.1, -0.05) is 50.2 Å². The van der Waals surface area contributed by atoms with Crippen molar-refractivity contribution in [2.45, 2.75) is 38.6 Å². The number of hydrogen-bond acceptors (Lipinski definition) is 1. The number of aromatic nitrogens is 1. The summed E-state index contributed by atoms with van der Waals surface area (Å²) in [7, 11) is 0. The van der Waals surface area contributed by atoms with Crippen LogP contribution in [0.5, 0.6) is 0 Å². The number of fused-ring (bicyclic) bond motifs is 1. The first-order valence-electron chi connectivity index (χ1n) is 8.43. The highest BCUT2D eigenvalue weighted by molar-refractivity contribution is 5.83. The summed E-state index contributed by atoms with van der Waals surface area (Å²) in [4.78, 5) is 11.8. The van der Waals surface area contributed by atoms with Crippen molar-refractivity contribution in [2.24, 2.45) is 0 Å². The van der Waals surface area contributed by atoms with Gasteiger partial charge >= 0.3 is 5.97 Å². The SMILES string of the molecule is CC(C)c1ccc2c(ccn2C(CCc2ccccc2)C(=O)O)c1. The molecule has 0 amide bonds. The second-order valence-corrected chi connectivity index (χ2v) is 6.57. The van der Waals surface area contributed by atoms with E-state index in [2.05, 4.69) is 26.0 Å². The number of carboxylic acid groups (broad SMARTS) is 1. The number of aryl methyl sites for hydroxylation is 1. The van der Waals surface area contributed by atoms with E-state index >= 15 is 0 Å². The molecule has 1 atom stereocenters. The zero-order valence-corrected chi connectivity index (χ0v) is 14.1. The van der Waals surface area contributed by atoms with Gasteiger partial charge in [-0.05, 0) is 53.5 Å².